The largest absolute Gasteiger partial charge is 1.00 e. The maximum absolute atomic E-state index is 11.4. The number of rotatable bonds is 6. The monoisotopic (exact) mass is 606 g/mol. The second-order valence-electron chi connectivity index (χ2n) is 10.1. The fourth-order valence-corrected chi connectivity index (χ4v) is 5.53. The van der Waals surface area contributed by atoms with Crippen LogP contribution in [0.3, 0.4) is 0 Å². The standard InChI is InChI=1S/C33H33N4O2.CO2.2Na/c1-8-21-17(4)25-13-26-18(5)23(10-3)31(35-26)16-32-24(11-12-33(38)39)20(7)28(37-32)15-30-22(9-2)19(6)27(36-30)14-29(21)34-25;2-1-3;;/h8-9,13-16,34,36H,1-3,10-12H2,4-7H3,(H,38,39);;;/q-1;;2*+1/p-1. The molecule has 0 aliphatic carbocycles. The summed E-state index contributed by atoms with van der Waals surface area (Å²) in [6, 6.07) is 8.13. The SMILES string of the molecule is C=Cc1c(C)c2cc3[nH]c(cc4nc(cc5nc(cc1[nH]2)C(C)=C5CCC(=O)[O-])C(C[CH2-])=C4C)c(C)c3C=C.O=C=O.[Na+].[Na+]. The van der Waals surface area contributed by atoms with Crippen molar-refractivity contribution in [3.05, 3.63) is 89.4 Å². The summed E-state index contributed by atoms with van der Waals surface area (Å²) in [6.45, 7) is 20.5. The molecule has 2 aliphatic rings. The summed E-state index contributed by atoms with van der Waals surface area (Å²) in [5.74, 6) is -1.09. The van der Waals surface area contributed by atoms with E-state index in [1.54, 1.807) is 0 Å². The zero-order valence-corrected chi connectivity index (χ0v) is 30.2. The first-order valence-electron chi connectivity index (χ1n) is 13.5. The number of hydrogen-bond donors (Lipinski definition) is 2. The van der Waals surface area contributed by atoms with Gasteiger partial charge in [0.05, 0.1) is 22.8 Å². The number of aromatic nitrogens is 4. The number of carbonyl (C=O) groups is 1. The van der Waals surface area contributed by atoms with Crippen molar-refractivity contribution in [2.75, 3.05) is 0 Å². The molecule has 2 N–H and O–H groups in total. The number of allylic oxidation sites excluding steroid dienone is 4. The Morgan fingerprint density at radius 2 is 1.23 bits per heavy atom. The minimum atomic E-state index is -1.09. The third-order valence-corrected chi connectivity index (χ3v) is 7.87. The van der Waals surface area contributed by atoms with E-state index in [2.05, 4.69) is 63.0 Å². The quantitative estimate of drug-likeness (QED) is 0.306. The van der Waals surface area contributed by atoms with Crippen molar-refractivity contribution in [1.29, 1.82) is 0 Å². The Morgan fingerprint density at radius 3 is 1.70 bits per heavy atom. The fraction of sp³-hybridized carbons (Fsp3) is 0.206. The van der Waals surface area contributed by atoms with E-state index in [1.807, 2.05) is 31.2 Å². The number of carbonyl (C=O) groups excluding carboxylic acids is 3. The van der Waals surface area contributed by atoms with E-state index in [-0.39, 0.29) is 71.7 Å². The molecule has 2 aliphatic heterocycles. The Kier molecular flexibility index (Phi) is 13.3. The fourth-order valence-electron chi connectivity index (χ4n) is 5.53. The number of nitrogens with zero attached hydrogens (tertiary/aromatic N) is 2. The van der Waals surface area contributed by atoms with E-state index in [0.29, 0.717) is 18.5 Å². The number of aromatic amines is 2. The van der Waals surface area contributed by atoms with Gasteiger partial charge in [-0.3, -0.25) is 0 Å². The van der Waals surface area contributed by atoms with Gasteiger partial charge < -0.3 is 26.8 Å². The van der Waals surface area contributed by atoms with Crippen molar-refractivity contribution >= 4 is 68.6 Å². The molecule has 0 fully saturated rings. The molecule has 0 saturated carbocycles. The van der Waals surface area contributed by atoms with Crippen LogP contribution in [-0.4, -0.2) is 32.1 Å². The average Bonchev–Trinajstić information content (AvgIpc) is 3.60. The van der Waals surface area contributed by atoms with E-state index in [1.165, 1.54) is 0 Å². The maximum atomic E-state index is 11.4. The zero-order valence-electron chi connectivity index (χ0n) is 26.2. The Hall–Kier alpha value is -3.07. The molecule has 8 bridgehead atoms. The summed E-state index contributed by atoms with van der Waals surface area (Å²) in [4.78, 5) is 44.7. The number of carboxylic acid groups (broad SMARTS) is 1. The Labute approximate surface area is 301 Å². The maximum Gasteiger partial charge on any atom is 1.00 e. The molecule has 0 saturated heterocycles. The van der Waals surface area contributed by atoms with Crippen LogP contribution < -0.4 is 64.2 Å². The number of carboxylic acids is 1. The number of hydrogen-bond acceptors (Lipinski definition) is 6. The molecule has 0 unspecified atom stereocenters. The van der Waals surface area contributed by atoms with Gasteiger partial charge in [-0.1, -0.05) is 25.3 Å². The average molecular weight is 607 g/mol. The smallest absolute Gasteiger partial charge is 0.550 e. The number of fused-ring (bicyclic) bond motifs is 8. The van der Waals surface area contributed by atoms with Crippen LogP contribution in [0.4, 0.5) is 0 Å². The minimum absolute atomic E-state index is 0. The van der Waals surface area contributed by atoms with Crippen LogP contribution in [0.1, 0.15) is 78.1 Å². The second-order valence-corrected chi connectivity index (χ2v) is 10.1. The summed E-state index contributed by atoms with van der Waals surface area (Å²) in [5.41, 5.74) is 15.0. The molecular formula is C34H32N4Na2O4. The molecule has 3 aromatic rings. The van der Waals surface area contributed by atoms with E-state index in [9.17, 15) is 9.90 Å². The normalized spacial score (nSPS) is 11.9. The van der Waals surface area contributed by atoms with Crippen molar-refractivity contribution in [3.63, 3.8) is 0 Å². The molecule has 8 nitrogen and oxygen atoms in total. The third-order valence-electron chi connectivity index (χ3n) is 7.87. The van der Waals surface area contributed by atoms with Crippen LogP contribution in [0.2, 0.25) is 0 Å². The van der Waals surface area contributed by atoms with E-state index >= 15 is 0 Å². The first kappa shape index (κ1) is 37.1. The molecule has 0 aromatic carbocycles. The van der Waals surface area contributed by atoms with Gasteiger partial charge in [-0.15, -0.1) is 0 Å². The molecule has 0 atom stereocenters. The molecule has 10 heteroatoms. The van der Waals surface area contributed by atoms with Crippen LogP contribution in [0.25, 0.3) is 56.5 Å². The summed E-state index contributed by atoms with van der Waals surface area (Å²) in [6.07, 6.45) is 4.78. The van der Waals surface area contributed by atoms with Crippen LogP contribution in [0.5, 0.6) is 0 Å². The third kappa shape index (κ3) is 7.24. The Balaban J connectivity index is 0.00000130. The van der Waals surface area contributed by atoms with Gasteiger partial charge in [-0.25, -0.2) is 9.97 Å². The molecule has 5 rings (SSSR count). The Morgan fingerprint density at radius 1 is 0.795 bits per heavy atom. The van der Waals surface area contributed by atoms with Crippen molar-refractivity contribution in [2.24, 2.45) is 0 Å². The van der Waals surface area contributed by atoms with Gasteiger partial charge >= 0.3 is 65.3 Å². The van der Waals surface area contributed by atoms with Crippen LogP contribution in [-0.2, 0) is 14.4 Å². The number of H-pyrrole nitrogens is 2. The first-order chi connectivity index (χ1) is 20.1. The van der Waals surface area contributed by atoms with Gasteiger partial charge in [0, 0.05) is 39.2 Å². The number of aryl methyl sites for hydroxylation is 2. The Bertz CT molecular complexity index is 1910. The van der Waals surface area contributed by atoms with Crippen molar-refractivity contribution in [1.82, 2.24) is 19.9 Å². The van der Waals surface area contributed by atoms with Crippen LogP contribution >= 0.6 is 0 Å². The molecule has 3 aromatic heterocycles. The van der Waals surface area contributed by atoms with Gasteiger partial charge in [-0.05, 0) is 98.2 Å². The van der Waals surface area contributed by atoms with E-state index in [0.717, 1.165) is 83.7 Å². The molecule has 0 spiro atoms. The number of aliphatic carboxylic acids is 1. The summed E-state index contributed by atoms with van der Waals surface area (Å²) in [7, 11) is 0. The van der Waals surface area contributed by atoms with Gasteiger partial charge in [0.1, 0.15) is 0 Å². The van der Waals surface area contributed by atoms with Gasteiger partial charge in [-0.2, -0.15) is 16.0 Å². The van der Waals surface area contributed by atoms with E-state index < -0.39 is 5.97 Å². The van der Waals surface area contributed by atoms with E-state index in [4.69, 9.17) is 19.6 Å². The van der Waals surface area contributed by atoms with Gasteiger partial charge in [0.15, 0.2) is 0 Å². The molecular weight excluding hydrogens is 574 g/mol. The van der Waals surface area contributed by atoms with Crippen molar-refractivity contribution in [3.8, 4) is 0 Å². The number of nitrogens with one attached hydrogen (secondary N) is 2. The zero-order chi connectivity index (χ0) is 30.7. The van der Waals surface area contributed by atoms with Crippen molar-refractivity contribution in [2.45, 2.75) is 47.0 Å². The molecule has 44 heavy (non-hydrogen) atoms. The van der Waals surface area contributed by atoms with Crippen LogP contribution in [0, 0.1) is 20.8 Å². The van der Waals surface area contributed by atoms with Crippen molar-refractivity contribution < 1.29 is 78.6 Å². The van der Waals surface area contributed by atoms with Gasteiger partial charge in [0.25, 0.3) is 0 Å². The predicted octanol–water partition coefficient (Wildman–Crippen LogP) is 0.258. The predicted molar refractivity (Wildman–Crippen MR) is 165 cm³/mol. The molecule has 5 heterocycles. The summed E-state index contributed by atoms with van der Waals surface area (Å²) in [5, 5.41) is 11.4. The molecule has 0 radical (unpaired) electrons. The molecule has 214 valence electrons. The first-order valence-corrected chi connectivity index (χ1v) is 13.5. The van der Waals surface area contributed by atoms with Gasteiger partial charge in [0.2, 0.25) is 0 Å². The minimum Gasteiger partial charge on any atom is -0.550 e. The summed E-state index contributed by atoms with van der Waals surface area (Å²) >= 11 is 0. The summed E-state index contributed by atoms with van der Waals surface area (Å²) < 4.78 is 0. The topological polar surface area (TPSA) is 132 Å². The second kappa shape index (κ2) is 15.8. The molecule has 0 amide bonds. The van der Waals surface area contributed by atoms with Crippen LogP contribution in [0.15, 0.2) is 37.4 Å².